The first-order valence-corrected chi connectivity index (χ1v) is 10.5. The molecule has 0 saturated heterocycles. The van der Waals surface area contributed by atoms with Crippen LogP contribution in [0.15, 0.2) is 55.4 Å². The van der Waals surface area contributed by atoms with Crippen LogP contribution in [-0.4, -0.2) is 42.7 Å². The van der Waals surface area contributed by atoms with E-state index in [1.165, 1.54) is 35.1 Å². The van der Waals surface area contributed by atoms with E-state index in [4.69, 9.17) is 11.6 Å². The van der Waals surface area contributed by atoms with E-state index in [1.54, 1.807) is 19.1 Å². The van der Waals surface area contributed by atoms with E-state index in [0.717, 1.165) is 0 Å². The van der Waals surface area contributed by atoms with E-state index >= 15 is 0 Å². The molecule has 0 fully saturated rings. The number of anilines is 1. The molecule has 0 saturated carbocycles. The molecule has 4 heterocycles. The first kappa shape index (κ1) is 24.0. The maximum absolute atomic E-state index is 13.4. The monoisotopic (exact) mass is 503 g/mol. The lowest BCUT2D eigenvalue weighted by molar-refractivity contribution is -0.141. The van der Waals surface area contributed by atoms with Gasteiger partial charge < -0.3 is 10.6 Å². The van der Waals surface area contributed by atoms with Crippen LogP contribution in [0, 0.1) is 6.92 Å². The van der Waals surface area contributed by atoms with Crippen LogP contribution >= 0.6 is 11.6 Å². The molecular formula is C22H17ClF3N7O2. The van der Waals surface area contributed by atoms with Gasteiger partial charge in [0.2, 0.25) is 0 Å². The number of aryl methyl sites for hydroxylation is 1. The second-order valence-corrected chi connectivity index (χ2v) is 7.71. The van der Waals surface area contributed by atoms with E-state index in [0.29, 0.717) is 21.8 Å². The molecule has 0 unspecified atom stereocenters. The zero-order valence-electron chi connectivity index (χ0n) is 18.1. The Hall–Kier alpha value is -4.19. The molecule has 180 valence electrons. The van der Waals surface area contributed by atoms with Crippen molar-refractivity contribution in [3.8, 4) is 5.82 Å². The topological polar surface area (TPSA) is 106 Å². The van der Waals surface area contributed by atoms with Gasteiger partial charge in [0, 0.05) is 18.8 Å². The van der Waals surface area contributed by atoms with E-state index in [1.807, 2.05) is 0 Å². The second kappa shape index (κ2) is 9.22. The van der Waals surface area contributed by atoms with Gasteiger partial charge in [-0.15, -0.1) is 6.58 Å². The molecule has 0 atom stereocenters. The predicted octanol–water partition coefficient (Wildman–Crippen LogP) is 4.06. The van der Waals surface area contributed by atoms with Crippen molar-refractivity contribution in [2.75, 3.05) is 11.9 Å². The third-order valence-electron chi connectivity index (χ3n) is 4.91. The molecule has 13 heteroatoms. The largest absolute Gasteiger partial charge is 0.435 e. The molecule has 9 nitrogen and oxygen atoms in total. The number of hydrogen-bond acceptors (Lipinski definition) is 5. The highest BCUT2D eigenvalue weighted by atomic mass is 35.5. The van der Waals surface area contributed by atoms with Crippen molar-refractivity contribution in [2.24, 2.45) is 0 Å². The van der Waals surface area contributed by atoms with E-state index in [2.05, 4.69) is 32.4 Å². The van der Waals surface area contributed by atoms with Crippen LogP contribution in [0.25, 0.3) is 11.3 Å². The highest BCUT2D eigenvalue weighted by molar-refractivity contribution is 6.32. The van der Waals surface area contributed by atoms with Crippen molar-refractivity contribution in [3.05, 3.63) is 83.0 Å². The quantitative estimate of drug-likeness (QED) is 0.386. The maximum atomic E-state index is 13.4. The minimum atomic E-state index is -4.83. The zero-order valence-corrected chi connectivity index (χ0v) is 18.9. The molecule has 0 aromatic carbocycles. The van der Waals surface area contributed by atoms with Crippen LogP contribution in [0.5, 0.6) is 0 Å². The number of carbonyl (C=O) groups is 2. The van der Waals surface area contributed by atoms with Gasteiger partial charge in [-0.05, 0) is 36.8 Å². The number of hydrogen-bond donors (Lipinski definition) is 2. The minimum absolute atomic E-state index is 0.0156. The fourth-order valence-electron chi connectivity index (χ4n) is 3.37. The Morgan fingerprint density at radius 1 is 1.20 bits per heavy atom. The number of rotatable bonds is 6. The van der Waals surface area contributed by atoms with Gasteiger partial charge in [-0.2, -0.15) is 23.4 Å². The summed E-state index contributed by atoms with van der Waals surface area (Å²) in [5.41, 5.74) is -0.704. The number of nitrogens with zero attached hydrogens (tertiary/aromatic N) is 5. The average molecular weight is 504 g/mol. The standard InChI is InChI=1S/C22H17ClF3N7O2/c1-3-7-28-21(35)18-17(12(2)10-13-6-9-29-32(13)18)30-20(34)15-11-16(22(24,25)26)31-33(15)19-14(23)5-4-8-27-19/h3-6,8-11H,1,7H2,2H3,(H,28,35)(H,30,34). The highest BCUT2D eigenvalue weighted by Gasteiger charge is 2.37. The number of fused-ring (bicyclic) bond motifs is 1. The number of carbonyl (C=O) groups excluding carboxylic acids is 2. The Bertz CT molecular complexity index is 1460. The Labute approximate surface area is 201 Å². The lowest BCUT2D eigenvalue weighted by Crippen LogP contribution is -2.29. The summed E-state index contributed by atoms with van der Waals surface area (Å²) >= 11 is 6.10. The van der Waals surface area contributed by atoms with Crippen molar-refractivity contribution in [1.29, 1.82) is 0 Å². The van der Waals surface area contributed by atoms with E-state index in [9.17, 15) is 22.8 Å². The molecule has 4 rings (SSSR count). The summed E-state index contributed by atoms with van der Waals surface area (Å²) in [7, 11) is 0. The first-order chi connectivity index (χ1) is 16.6. The van der Waals surface area contributed by atoms with Gasteiger partial charge in [0.05, 0.1) is 22.4 Å². The fourth-order valence-corrected chi connectivity index (χ4v) is 3.57. The van der Waals surface area contributed by atoms with Crippen molar-refractivity contribution in [1.82, 2.24) is 29.7 Å². The average Bonchev–Trinajstić information content (AvgIpc) is 3.45. The fraction of sp³-hybridized carbons (Fsp3) is 0.136. The van der Waals surface area contributed by atoms with Crippen molar-refractivity contribution in [2.45, 2.75) is 13.1 Å². The van der Waals surface area contributed by atoms with Crippen LogP contribution in [0.3, 0.4) is 0 Å². The summed E-state index contributed by atoms with van der Waals surface area (Å²) in [4.78, 5) is 30.2. The van der Waals surface area contributed by atoms with Crippen LogP contribution in [0.4, 0.5) is 18.9 Å². The van der Waals surface area contributed by atoms with Gasteiger partial charge in [-0.1, -0.05) is 17.7 Å². The molecule has 35 heavy (non-hydrogen) atoms. The number of halogens is 4. The van der Waals surface area contributed by atoms with Crippen molar-refractivity contribution >= 4 is 34.6 Å². The van der Waals surface area contributed by atoms with Gasteiger partial charge in [0.25, 0.3) is 11.8 Å². The first-order valence-electron chi connectivity index (χ1n) is 10.1. The van der Waals surface area contributed by atoms with Crippen LogP contribution in [-0.2, 0) is 6.18 Å². The number of alkyl halides is 3. The predicted molar refractivity (Wildman–Crippen MR) is 122 cm³/mol. The number of nitrogens with one attached hydrogen (secondary N) is 2. The Morgan fingerprint density at radius 2 is 1.97 bits per heavy atom. The molecule has 0 spiro atoms. The molecule has 4 aromatic rings. The molecule has 4 aromatic heterocycles. The normalized spacial score (nSPS) is 11.5. The minimum Gasteiger partial charge on any atom is -0.347 e. The molecule has 0 aliphatic rings. The molecule has 0 bridgehead atoms. The second-order valence-electron chi connectivity index (χ2n) is 7.30. The third-order valence-corrected chi connectivity index (χ3v) is 5.21. The molecule has 0 radical (unpaired) electrons. The van der Waals surface area contributed by atoms with Crippen LogP contribution in [0.1, 0.15) is 32.2 Å². The summed E-state index contributed by atoms with van der Waals surface area (Å²) in [5.74, 6) is -1.71. The Balaban J connectivity index is 1.84. The van der Waals surface area contributed by atoms with Gasteiger partial charge in [-0.25, -0.2) is 14.2 Å². The molecule has 0 aliphatic carbocycles. The van der Waals surface area contributed by atoms with E-state index in [-0.39, 0.29) is 28.8 Å². The zero-order chi connectivity index (χ0) is 25.3. The number of aromatic nitrogens is 5. The Kier molecular flexibility index (Phi) is 6.31. The number of pyridine rings is 2. The molecule has 0 aliphatic heterocycles. The summed E-state index contributed by atoms with van der Waals surface area (Å²) in [6.07, 6.45) is -0.588. The SMILES string of the molecule is C=CCNC(=O)c1c(NC(=O)c2cc(C(F)(F)F)nn2-c2ncccc2Cl)c(C)cc2ccnn12. The van der Waals surface area contributed by atoms with Crippen molar-refractivity contribution < 1.29 is 22.8 Å². The highest BCUT2D eigenvalue weighted by Crippen LogP contribution is 2.31. The summed E-state index contributed by atoms with van der Waals surface area (Å²) in [5, 5.41) is 12.8. The summed E-state index contributed by atoms with van der Waals surface area (Å²) in [6.45, 7) is 5.33. The maximum Gasteiger partial charge on any atom is 0.435 e. The molecular weight excluding hydrogens is 487 g/mol. The smallest absolute Gasteiger partial charge is 0.347 e. The van der Waals surface area contributed by atoms with Gasteiger partial charge >= 0.3 is 6.18 Å². The van der Waals surface area contributed by atoms with Gasteiger partial charge in [0.15, 0.2) is 17.2 Å². The van der Waals surface area contributed by atoms with Crippen molar-refractivity contribution in [3.63, 3.8) is 0 Å². The molecule has 2 amide bonds. The van der Waals surface area contributed by atoms with Gasteiger partial charge in [-0.3, -0.25) is 9.59 Å². The van der Waals surface area contributed by atoms with Gasteiger partial charge in [0.1, 0.15) is 5.69 Å². The number of amides is 2. The van der Waals surface area contributed by atoms with E-state index < -0.39 is 29.4 Å². The summed E-state index contributed by atoms with van der Waals surface area (Å²) < 4.78 is 42.4. The van der Waals surface area contributed by atoms with Crippen LogP contribution < -0.4 is 10.6 Å². The Morgan fingerprint density at radius 3 is 2.66 bits per heavy atom. The lowest BCUT2D eigenvalue weighted by atomic mass is 10.1. The lowest BCUT2D eigenvalue weighted by Gasteiger charge is -2.16. The summed E-state index contributed by atoms with van der Waals surface area (Å²) in [6, 6.07) is 6.80. The molecule has 2 N–H and O–H groups in total. The third kappa shape index (κ3) is 4.60. The van der Waals surface area contributed by atoms with Crippen LogP contribution in [0.2, 0.25) is 5.02 Å².